The molecular weight excluding hydrogens is 294 g/mol. The average molecular weight is 313 g/mol. The molecule has 7 nitrogen and oxygen atoms in total. The smallest absolute Gasteiger partial charge is 0.367 e. The minimum atomic E-state index is -0.544. The average Bonchev–Trinajstić information content (AvgIpc) is 2.87. The van der Waals surface area contributed by atoms with Crippen LogP contribution in [0, 0.1) is 0 Å². The van der Waals surface area contributed by atoms with Crippen LogP contribution < -0.4 is 10.6 Å². The number of aromatic nitrogens is 1. The fraction of sp³-hybridized carbons (Fsp3) is 0.538. The molecule has 0 atom stereocenters. The molecule has 1 aromatic rings. The van der Waals surface area contributed by atoms with Gasteiger partial charge in [0.2, 0.25) is 10.9 Å². The van der Waals surface area contributed by atoms with Crippen molar-refractivity contribution in [2.24, 2.45) is 0 Å². The summed E-state index contributed by atoms with van der Waals surface area (Å²) < 4.78 is 4.79. The molecule has 116 valence electrons. The van der Waals surface area contributed by atoms with E-state index in [9.17, 15) is 14.4 Å². The summed E-state index contributed by atoms with van der Waals surface area (Å²) in [6, 6.07) is 0.0684. The summed E-state index contributed by atoms with van der Waals surface area (Å²) in [5, 5.41) is 6.92. The first kappa shape index (κ1) is 17.1. The van der Waals surface area contributed by atoms with Crippen molar-refractivity contribution in [3.05, 3.63) is 16.1 Å². The highest BCUT2D eigenvalue weighted by Gasteiger charge is 2.16. The zero-order valence-corrected chi connectivity index (χ0v) is 13.1. The van der Waals surface area contributed by atoms with Crippen LogP contribution in [0.3, 0.4) is 0 Å². The first-order chi connectivity index (χ1) is 9.93. The first-order valence-corrected chi connectivity index (χ1v) is 7.52. The SMILES string of the molecule is CCOC(=O)c1nc(C(=O)NCCC(=O)NC(C)C)cs1. The Balaban J connectivity index is 2.42. The molecule has 0 aliphatic carbocycles. The number of nitrogens with zero attached hydrogens (tertiary/aromatic N) is 1. The number of rotatable bonds is 7. The normalized spacial score (nSPS) is 10.3. The molecule has 1 rings (SSSR count). The Labute approximate surface area is 127 Å². The van der Waals surface area contributed by atoms with Crippen LogP contribution in [-0.2, 0) is 9.53 Å². The van der Waals surface area contributed by atoms with Crippen molar-refractivity contribution in [3.63, 3.8) is 0 Å². The third-order valence-electron chi connectivity index (χ3n) is 2.27. The van der Waals surface area contributed by atoms with E-state index < -0.39 is 11.9 Å². The van der Waals surface area contributed by atoms with Gasteiger partial charge in [0.15, 0.2) is 0 Å². The number of hydrogen-bond acceptors (Lipinski definition) is 6. The molecule has 2 N–H and O–H groups in total. The van der Waals surface area contributed by atoms with E-state index in [-0.39, 0.29) is 42.2 Å². The van der Waals surface area contributed by atoms with Crippen molar-refractivity contribution < 1.29 is 19.1 Å². The monoisotopic (exact) mass is 313 g/mol. The zero-order chi connectivity index (χ0) is 15.8. The number of amides is 2. The van der Waals surface area contributed by atoms with Gasteiger partial charge in [-0.05, 0) is 20.8 Å². The van der Waals surface area contributed by atoms with Crippen molar-refractivity contribution in [1.82, 2.24) is 15.6 Å². The Morgan fingerprint density at radius 3 is 2.71 bits per heavy atom. The van der Waals surface area contributed by atoms with E-state index in [1.165, 1.54) is 5.38 Å². The zero-order valence-electron chi connectivity index (χ0n) is 12.3. The standard InChI is InChI=1S/C13H19N3O4S/c1-4-20-13(19)12-16-9(7-21-12)11(18)14-6-5-10(17)15-8(2)3/h7-8H,4-6H2,1-3H3,(H,14,18)(H,15,17). The molecule has 0 radical (unpaired) electrons. The third kappa shape index (κ3) is 5.90. The first-order valence-electron chi connectivity index (χ1n) is 6.64. The van der Waals surface area contributed by atoms with E-state index in [2.05, 4.69) is 15.6 Å². The fourth-order valence-corrected chi connectivity index (χ4v) is 2.13. The Hall–Kier alpha value is -1.96. The second-order valence-corrected chi connectivity index (χ2v) is 5.34. The number of esters is 1. The second kappa shape index (κ2) is 8.35. The minimum absolute atomic E-state index is 0.0684. The number of nitrogens with one attached hydrogen (secondary N) is 2. The molecule has 0 unspecified atom stereocenters. The van der Waals surface area contributed by atoms with Crippen molar-refractivity contribution in [3.8, 4) is 0 Å². The molecule has 0 saturated heterocycles. The molecule has 0 bridgehead atoms. The topological polar surface area (TPSA) is 97.4 Å². The van der Waals surface area contributed by atoms with E-state index in [4.69, 9.17) is 4.74 Å². The van der Waals surface area contributed by atoms with Gasteiger partial charge in [-0.25, -0.2) is 9.78 Å². The quantitative estimate of drug-likeness (QED) is 0.731. The Morgan fingerprint density at radius 1 is 1.38 bits per heavy atom. The van der Waals surface area contributed by atoms with Gasteiger partial charge in [0.1, 0.15) is 5.69 Å². The Bertz CT molecular complexity index is 513. The lowest BCUT2D eigenvalue weighted by Gasteiger charge is -2.08. The maximum absolute atomic E-state index is 11.8. The highest BCUT2D eigenvalue weighted by atomic mass is 32.1. The van der Waals surface area contributed by atoms with Crippen LogP contribution >= 0.6 is 11.3 Å². The van der Waals surface area contributed by atoms with Crippen LogP contribution in [0.2, 0.25) is 0 Å². The molecule has 1 aromatic heterocycles. The summed E-state index contributed by atoms with van der Waals surface area (Å²) in [5.74, 6) is -1.09. The molecular formula is C13H19N3O4S. The van der Waals surface area contributed by atoms with Crippen LogP contribution in [0.15, 0.2) is 5.38 Å². The highest BCUT2D eigenvalue weighted by Crippen LogP contribution is 2.11. The van der Waals surface area contributed by atoms with Gasteiger partial charge >= 0.3 is 5.97 Å². The molecule has 21 heavy (non-hydrogen) atoms. The summed E-state index contributed by atoms with van der Waals surface area (Å²) in [5.41, 5.74) is 0.146. The fourth-order valence-electron chi connectivity index (χ4n) is 1.44. The summed E-state index contributed by atoms with van der Waals surface area (Å²) in [7, 11) is 0. The number of carbonyl (C=O) groups is 3. The van der Waals surface area contributed by atoms with Gasteiger partial charge in [-0.1, -0.05) is 0 Å². The van der Waals surface area contributed by atoms with E-state index in [0.29, 0.717) is 0 Å². The Kier molecular flexibility index (Phi) is 6.80. The minimum Gasteiger partial charge on any atom is -0.461 e. The summed E-state index contributed by atoms with van der Waals surface area (Å²) in [6.07, 6.45) is 0.193. The largest absolute Gasteiger partial charge is 0.461 e. The molecule has 0 aliphatic heterocycles. The molecule has 1 heterocycles. The molecule has 2 amide bonds. The van der Waals surface area contributed by atoms with Crippen molar-refractivity contribution >= 4 is 29.1 Å². The van der Waals surface area contributed by atoms with Crippen LogP contribution in [0.1, 0.15) is 47.5 Å². The summed E-state index contributed by atoms with van der Waals surface area (Å²) >= 11 is 1.05. The second-order valence-electron chi connectivity index (χ2n) is 4.49. The lowest BCUT2D eigenvalue weighted by Crippen LogP contribution is -2.34. The van der Waals surface area contributed by atoms with Crippen molar-refractivity contribution in [1.29, 1.82) is 0 Å². The molecule has 0 aliphatic rings. The van der Waals surface area contributed by atoms with E-state index in [1.807, 2.05) is 13.8 Å². The van der Waals surface area contributed by atoms with Gasteiger partial charge in [0, 0.05) is 24.4 Å². The van der Waals surface area contributed by atoms with E-state index >= 15 is 0 Å². The van der Waals surface area contributed by atoms with Crippen LogP contribution in [0.5, 0.6) is 0 Å². The van der Waals surface area contributed by atoms with Crippen molar-refractivity contribution in [2.75, 3.05) is 13.2 Å². The summed E-state index contributed by atoms with van der Waals surface area (Å²) in [4.78, 5) is 38.5. The van der Waals surface area contributed by atoms with E-state index in [1.54, 1.807) is 6.92 Å². The van der Waals surface area contributed by atoms with Gasteiger partial charge in [-0.3, -0.25) is 9.59 Å². The van der Waals surface area contributed by atoms with Gasteiger partial charge < -0.3 is 15.4 Å². The third-order valence-corrected chi connectivity index (χ3v) is 3.10. The van der Waals surface area contributed by atoms with Crippen LogP contribution in [0.25, 0.3) is 0 Å². The predicted octanol–water partition coefficient (Wildman–Crippen LogP) is 0.964. The maximum atomic E-state index is 11.8. The lowest BCUT2D eigenvalue weighted by molar-refractivity contribution is -0.121. The van der Waals surface area contributed by atoms with Crippen molar-refractivity contribution in [2.45, 2.75) is 33.2 Å². The lowest BCUT2D eigenvalue weighted by atomic mass is 10.3. The van der Waals surface area contributed by atoms with Crippen LogP contribution in [0.4, 0.5) is 0 Å². The van der Waals surface area contributed by atoms with Crippen LogP contribution in [-0.4, -0.2) is 42.0 Å². The molecule has 0 saturated carbocycles. The van der Waals surface area contributed by atoms with Gasteiger partial charge in [0.05, 0.1) is 6.61 Å². The number of ether oxygens (including phenoxy) is 1. The van der Waals surface area contributed by atoms with Gasteiger partial charge in [-0.2, -0.15) is 0 Å². The number of hydrogen-bond donors (Lipinski definition) is 2. The summed E-state index contributed by atoms with van der Waals surface area (Å²) in [6.45, 7) is 5.89. The Morgan fingerprint density at radius 2 is 2.10 bits per heavy atom. The molecule has 8 heteroatoms. The van der Waals surface area contributed by atoms with Gasteiger partial charge in [0.25, 0.3) is 5.91 Å². The predicted molar refractivity (Wildman–Crippen MR) is 78.3 cm³/mol. The highest BCUT2D eigenvalue weighted by molar-refractivity contribution is 7.11. The molecule has 0 spiro atoms. The molecule has 0 aromatic carbocycles. The van der Waals surface area contributed by atoms with E-state index in [0.717, 1.165) is 11.3 Å². The number of thiazole rings is 1. The maximum Gasteiger partial charge on any atom is 0.367 e. The van der Waals surface area contributed by atoms with Gasteiger partial charge in [-0.15, -0.1) is 11.3 Å². The molecule has 0 fully saturated rings. The number of carbonyl (C=O) groups excluding carboxylic acids is 3.